The zero-order valence-corrected chi connectivity index (χ0v) is 14.7. The molecule has 134 valence electrons. The van der Waals surface area contributed by atoms with Crippen molar-refractivity contribution >= 4 is 17.4 Å². The maximum Gasteiger partial charge on any atom is 0.236 e. The summed E-state index contributed by atoms with van der Waals surface area (Å²) in [6.45, 7) is 3.68. The highest BCUT2D eigenvalue weighted by Crippen LogP contribution is 2.43. The zero-order valence-electron chi connectivity index (χ0n) is 14.7. The van der Waals surface area contributed by atoms with Gasteiger partial charge in [-0.1, -0.05) is 6.08 Å². The number of likely N-dealkylation sites (tertiary alicyclic amines) is 1. The van der Waals surface area contributed by atoms with Crippen LogP contribution in [0.25, 0.3) is 0 Å². The number of piperidine rings is 1. The van der Waals surface area contributed by atoms with E-state index in [9.17, 15) is 9.18 Å². The smallest absolute Gasteiger partial charge is 0.236 e. The normalized spacial score (nSPS) is 32.6. The van der Waals surface area contributed by atoms with Crippen molar-refractivity contribution in [3.63, 3.8) is 0 Å². The van der Waals surface area contributed by atoms with Crippen LogP contribution in [0.5, 0.6) is 0 Å². The van der Waals surface area contributed by atoms with Crippen molar-refractivity contribution in [1.29, 1.82) is 0 Å². The third kappa shape index (κ3) is 2.32. The summed E-state index contributed by atoms with van der Waals surface area (Å²) in [5.74, 6) is 0.791. The molecule has 1 amide bonds. The average Bonchev–Trinajstić information content (AvgIpc) is 2.99. The minimum Gasteiger partial charge on any atom is -0.381 e. The molecule has 5 rings (SSSR count). The molecule has 3 atom stereocenters. The number of halogens is 1. The van der Waals surface area contributed by atoms with Gasteiger partial charge in [0.25, 0.3) is 0 Å². The van der Waals surface area contributed by atoms with E-state index < -0.39 is 5.66 Å². The quantitative estimate of drug-likeness (QED) is 0.845. The number of allylic oxidation sites excluding steroid dienone is 2. The second kappa shape index (κ2) is 5.51. The minimum atomic E-state index is -0.556. The van der Waals surface area contributed by atoms with Crippen LogP contribution in [-0.2, 0) is 4.79 Å². The number of hydrogen-bond donors (Lipinski definition) is 1. The predicted octanol–water partition coefficient (Wildman–Crippen LogP) is 2.84. The van der Waals surface area contributed by atoms with Crippen LogP contribution in [0.2, 0.25) is 0 Å². The van der Waals surface area contributed by atoms with Crippen molar-refractivity contribution in [1.82, 2.24) is 9.80 Å². The minimum absolute atomic E-state index is 0.0659. The summed E-state index contributed by atoms with van der Waals surface area (Å²) < 4.78 is 13.8. The van der Waals surface area contributed by atoms with Gasteiger partial charge >= 0.3 is 0 Å². The molecule has 0 spiro atoms. The number of hydrogen-bond acceptors (Lipinski definition) is 4. The Labute approximate surface area is 151 Å². The summed E-state index contributed by atoms with van der Waals surface area (Å²) in [6.07, 6.45) is 8.71. The SMILES string of the molecule is CC1(N2CCC3Nc4ccc(F)cc4C3C2)CC(=O)N2C=CC=CC2=N1. The molecule has 4 heterocycles. The van der Waals surface area contributed by atoms with Crippen molar-refractivity contribution in [2.45, 2.75) is 37.4 Å². The zero-order chi connectivity index (χ0) is 17.9. The molecule has 0 aliphatic carbocycles. The van der Waals surface area contributed by atoms with Gasteiger partial charge in [-0.3, -0.25) is 14.6 Å². The number of nitrogens with one attached hydrogen (secondary N) is 1. The van der Waals surface area contributed by atoms with E-state index in [4.69, 9.17) is 4.99 Å². The Kier molecular flexibility index (Phi) is 3.34. The first-order valence-corrected chi connectivity index (χ1v) is 9.11. The Morgan fingerprint density at radius 1 is 1.35 bits per heavy atom. The lowest BCUT2D eigenvalue weighted by Gasteiger charge is -2.46. The van der Waals surface area contributed by atoms with E-state index in [1.807, 2.05) is 31.2 Å². The Hall–Kier alpha value is -2.47. The number of amidine groups is 1. The highest BCUT2D eigenvalue weighted by molar-refractivity contribution is 6.08. The van der Waals surface area contributed by atoms with E-state index in [1.165, 1.54) is 6.07 Å². The van der Waals surface area contributed by atoms with Crippen molar-refractivity contribution in [2.24, 2.45) is 4.99 Å². The molecule has 6 heteroatoms. The molecule has 0 radical (unpaired) electrons. The lowest BCUT2D eigenvalue weighted by Crippen LogP contribution is -2.57. The molecule has 0 saturated carbocycles. The van der Waals surface area contributed by atoms with Crippen LogP contribution < -0.4 is 5.32 Å². The fourth-order valence-electron chi connectivity index (χ4n) is 4.63. The van der Waals surface area contributed by atoms with Gasteiger partial charge in [0, 0.05) is 36.9 Å². The Morgan fingerprint density at radius 2 is 2.23 bits per heavy atom. The summed E-state index contributed by atoms with van der Waals surface area (Å²) in [4.78, 5) is 21.5. The molecule has 0 aromatic heterocycles. The maximum atomic E-state index is 13.8. The Balaban J connectivity index is 1.46. The molecule has 1 aromatic rings. The standard InChI is InChI=1S/C20H21FN4O/c1-20(11-19(26)25-8-3-2-4-18(25)23-20)24-9-7-17-15(12-24)14-10-13(21)5-6-16(14)22-17/h2-6,8,10,15,17,22H,7,9,11-12H2,1H3. The summed E-state index contributed by atoms with van der Waals surface area (Å²) in [5, 5.41) is 3.53. The van der Waals surface area contributed by atoms with Crippen LogP contribution in [0.15, 0.2) is 47.6 Å². The van der Waals surface area contributed by atoms with E-state index in [2.05, 4.69) is 10.2 Å². The predicted molar refractivity (Wildman–Crippen MR) is 98.3 cm³/mol. The third-order valence-electron chi connectivity index (χ3n) is 6.00. The van der Waals surface area contributed by atoms with E-state index in [-0.39, 0.29) is 17.6 Å². The number of nitrogens with zero attached hydrogens (tertiary/aromatic N) is 3. The van der Waals surface area contributed by atoms with Gasteiger partial charge in [-0.25, -0.2) is 9.38 Å². The molecule has 5 nitrogen and oxygen atoms in total. The number of rotatable bonds is 1. The lowest BCUT2D eigenvalue weighted by molar-refractivity contribution is -0.129. The van der Waals surface area contributed by atoms with Crippen LogP contribution in [0.3, 0.4) is 0 Å². The van der Waals surface area contributed by atoms with Crippen molar-refractivity contribution in [3.05, 3.63) is 54.0 Å². The maximum absolute atomic E-state index is 13.8. The van der Waals surface area contributed by atoms with Crippen molar-refractivity contribution < 1.29 is 9.18 Å². The Bertz CT molecular complexity index is 877. The molecule has 1 saturated heterocycles. The van der Waals surface area contributed by atoms with Gasteiger partial charge in [0.15, 0.2) is 0 Å². The van der Waals surface area contributed by atoms with Crippen LogP contribution in [-0.4, -0.2) is 46.3 Å². The lowest BCUT2D eigenvalue weighted by atomic mass is 9.87. The summed E-state index contributed by atoms with van der Waals surface area (Å²) >= 11 is 0. The molecular weight excluding hydrogens is 331 g/mol. The number of amides is 1. The summed E-state index contributed by atoms with van der Waals surface area (Å²) in [7, 11) is 0. The fraction of sp³-hybridized carbons (Fsp3) is 0.400. The summed E-state index contributed by atoms with van der Waals surface area (Å²) in [6, 6.07) is 5.31. The van der Waals surface area contributed by atoms with Gasteiger partial charge in [0.2, 0.25) is 5.91 Å². The van der Waals surface area contributed by atoms with E-state index in [1.54, 1.807) is 17.2 Å². The number of fused-ring (bicyclic) bond motifs is 4. The fourth-order valence-corrected chi connectivity index (χ4v) is 4.63. The first-order chi connectivity index (χ1) is 12.5. The van der Waals surface area contributed by atoms with Gasteiger partial charge in [-0.2, -0.15) is 0 Å². The number of carbonyl (C=O) groups is 1. The number of aliphatic imine (C=N–C) groups is 1. The molecule has 1 N–H and O–H groups in total. The van der Waals surface area contributed by atoms with Gasteiger partial charge in [-0.05, 0) is 49.3 Å². The van der Waals surface area contributed by atoms with Gasteiger partial charge in [-0.15, -0.1) is 0 Å². The van der Waals surface area contributed by atoms with Crippen molar-refractivity contribution in [2.75, 3.05) is 18.4 Å². The second-order valence-corrected chi connectivity index (χ2v) is 7.65. The van der Waals surface area contributed by atoms with Gasteiger partial charge in [0.05, 0.1) is 6.42 Å². The molecule has 4 aliphatic rings. The molecule has 4 aliphatic heterocycles. The monoisotopic (exact) mass is 352 g/mol. The molecule has 3 unspecified atom stereocenters. The van der Waals surface area contributed by atoms with E-state index >= 15 is 0 Å². The molecule has 1 fully saturated rings. The van der Waals surface area contributed by atoms with Crippen LogP contribution in [0.4, 0.5) is 10.1 Å². The first kappa shape index (κ1) is 15.8. The van der Waals surface area contributed by atoms with Gasteiger partial charge in [0.1, 0.15) is 17.3 Å². The molecule has 1 aromatic carbocycles. The molecule has 0 bridgehead atoms. The molecule has 26 heavy (non-hydrogen) atoms. The Morgan fingerprint density at radius 3 is 3.12 bits per heavy atom. The average molecular weight is 352 g/mol. The van der Waals surface area contributed by atoms with E-state index in [0.717, 1.165) is 30.8 Å². The summed E-state index contributed by atoms with van der Waals surface area (Å²) in [5.41, 5.74) is 1.52. The number of carbonyl (C=O) groups excluding carboxylic acids is 1. The number of anilines is 1. The molecular formula is C20H21FN4O. The van der Waals surface area contributed by atoms with E-state index in [0.29, 0.717) is 18.3 Å². The number of benzene rings is 1. The highest BCUT2D eigenvalue weighted by Gasteiger charge is 2.45. The largest absolute Gasteiger partial charge is 0.381 e. The van der Waals surface area contributed by atoms with Crippen LogP contribution in [0.1, 0.15) is 31.2 Å². The van der Waals surface area contributed by atoms with Crippen LogP contribution in [0, 0.1) is 5.82 Å². The van der Waals surface area contributed by atoms with Crippen LogP contribution >= 0.6 is 0 Å². The third-order valence-corrected chi connectivity index (χ3v) is 6.00. The topological polar surface area (TPSA) is 47.9 Å². The first-order valence-electron chi connectivity index (χ1n) is 9.11. The van der Waals surface area contributed by atoms with Crippen molar-refractivity contribution in [3.8, 4) is 0 Å². The van der Waals surface area contributed by atoms with Gasteiger partial charge < -0.3 is 5.32 Å². The second-order valence-electron chi connectivity index (χ2n) is 7.65. The highest BCUT2D eigenvalue weighted by atomic mass is 19.1.